The zero-order chi connectivity index (χ0) is 11.5. The summed E-state index contributed by atoms with van der Waals surface area (Å²) in [4.78, 5) is 15.0. The van der Waals surface area contributed by atoms with E-state index in [1.165, 1.54) is 0 Å². The van der Waals surface area contributed by atoms with Gasteiger partial charge in [-0.3, -0.25) is 10.1 Å². The van der Waals surface area contributed by atoms with E-state index < -0.39 is 12.0 Å². The van der Waals surface area contributed by atoms with Gasteiger partial charge in [-0.25, -0.2) is 4.98 Å². The van der Waals surface area contributed by atoms with Gasteiger partial charge in [0.1, 0.15) is 6.04 Å². The van der Waals surface area contributed by atoms with Gasteiger partial charge in [-0.15, -0.1) is 11.8 Å². The van der Waals surface area contributed by atoms with Crippen molar-refractivity contribution in [3.63, 3.8) is 0 Å². The van der Waals surface area contributed by atoms with Crippen LogP contribution < -0.4 is 5.32 Å². The number of aryl methyl sites for hydroxylation is 1. The topological polar surface area (TPSA) is 67.2 Å². The van der Waals surface area contributed by atoms with Crippen LogP contribution in [0.2, 0.25) is 0 Å². The van der Waals surface area contributed by atoms with Gasteiger partial charge >= 0.3 is 5.97 Å². The molecule has 2 unspecified atom stereocenters. The first-order chi connectivity index (χ1) is 7.72. The van der Waals surface area contributed by atoms with Gasteiger partial charge < -0.3 is 9.67 Å². The molecule has 2 N–H and O–H groups in total. The maximum Gasteiger partial charge on any atom is 0.320 e. The lowest BCUT2D eigenvalue weighted by atomic mass is 10.2. The smallest absolute Gasteiger partial charge is 0.320 e. The molecule has 1 aromatic rings. The number of hydrogen-bond acceptors (Lipinski definition) is 4. The normalized spacial score (nSPS) is 25.6. The molecule has 5 nitrogen and oxygen atoms in total. The van der Waals surface area contributed by atoms with Crippen LogP contribution in [-0.2, 0) is 11.3 Å². The van der Waals surface area contributed by atoms with Crippen molar-refractivity contribution < 1.29 is 9.90 Å². The minimum atomic E-state index is -0.770. The first kappa shape index (κ1) is 11.5. The lowest BCUT2D eigenvalue weighted by molar-refractivity contribution is -0.139. The van der Waals surface area contributed by atoms with E-state index >= 15 is 0 Å². The maximum atomic E-state index is 10.9. The van der Waals surface area contributed by atoms with Gasteiger partial charge in [0.15, 0.2) is 0 Å². The second-order valence-corrected chi connectivity index (χ2v) is 4.91. The number of carboxylic acid groups (broad SMARTS) is 1. The van der Waals surface area contributed by atoms with Crippen LogP contribution in [0.1, 0.15) is 24.4 Å². The molecule has 2 rings (SSSR count). The SMILES string of the molecule is CCn1cncc1C1NC(C(=O)O)CCS1. The van der Waals surface area contributed by atoms with Crippen LogP contribution in [0.25, 0.3) is 0 Å². The van der Waals surface area contributed by atoms with Crippen molar-refractivity contribution in [3.8, 4) is 0 Å². The molecule has 2 atom stereocenters. The summed E-state index contributed by atoms with van der Waals surface area (Å²) in [5.41, 5.74) is 1.05. The molecule has 1 aromatic heterocycles. The van der Waals surface area contributed by atoms with Crippen molar-refractivity contribution >= 4 is 17.7 Å². The molecule has 1 fully saturated rings. The fourth-order valence-electron chi connectivity index (χ4n) is 1.80. The third kappa shape index (κ3) is 2.22. The molecule has 0 aliphatic carbocycles. The van der Waals surface area contributed by atoms with E-state index in [0.717, 1.165) is 18.0 Å². The van der Waals surface area contributed by atoms with Crippen molar-refractivity contribution in [3.05, 3.63) is 18.2 Å². The minimum Gasteiger partial charge on any atom is -0.480 e. The van der Waals surface area contributed by atoms with Gasteiger partial charge in [-0.1, -0.05) is 0 Å². The largest absolute Gasteiger partial charge is 0.480 e. The molecular formula is C10H15N3O2S. The van der Waals surface area contributed by atoms with E-state index in [1.54, 1.807) is 24.3 Å². The summed E-state index contributed by atoms with van der Waals surface area (Å²) in [6, 6.07) is -0.438. The number of thioether (sulfide) groups is 1. The van der Waals surface area contributed by atoms with Gasteiger partial charge in [0, 0.05) is 6.54 Å². The number of rotatable bonds is 3. The molecular weight excluding hydrogens is 226 g/mol. The summed E-state index contributed by atoms with van der Waals surface area (Å²) in [6.45, 7) is 2.90. The molecule has 16 heavy (non-hydrogen) atoms. The average molecular weight is 241 g/mol. The van der Waals surface area contributed by atoms with E-state index in [4.69, 9.17) is 5.11 Å². The van der Waals surface area contributed by atoms with Gasteiger partial charge in [-0.2, -0.15) is 0 Å². The summed E-state index contributed by atoms with van der Waals surface area (Å²) in [7, 11) is 0. The van der Waals surface area contributed by atoms with Crippen molar-refractivity contribution in [1.29, 1.82) is 0 Å². The summed E-state index contributed by atoms with van der Waals surface area (Å²) in [5, 5.41) is 12.2. The highest BCUT2D eigenvalue weighted by Gasteiger charge is 2.28. The van der Waals surface area contributed by atoms with Crippen molar-refractivity contribution in [1.82, 2.24) is 14.9 Å². The molecule has 88 valence electrons. The van der Waals surface area contributed by atoms with Crippen molar-refractivity contribution in [2.75, 3.05) is 5.75 Å². The number of aromatic nitrogens is 2. The van der Waals surface area contributed by atoms with Crippen LogP contribution in [-0.4, -0.2) is 32.4 Å². The summed E-state index contributed by atoms with van der Waals surface area (Å²) >= 11 is 1.74. The summed E-state index contributed by atoms with van der Waals surface area (Å²) < 4.78 is 2.04. The maximum absolute atomic E-state index is 10.9. The van der Waals surface area contributed by atoms with E-state index in [0.29, 0.717) is 6.42 Å². The quantitative estimate of drug-likeness (QED) is 0.829. The average Bonchev–Trinajstić information content (AvgIpc) is 2.77. The third-order valence-corrected chi connectivity index (χ3v) is 3.88. The number of nitrogens with zero attached hydrogens (tertiary/aromatic N) is 2. The van der Waals surface area contributed by atoms with Crippen molar-refractivity contribution in [2.24, 2.45) is 0 Å². The van der Waals surface area contributed by atoms with E-state index in [9.17, 15) is 4.79 Å². The Hall–Kier alpha value is -1.01. The van der Waals surface area contributed by atoms with Crippen LogP contribution in [0.4, 0.5) is 0 Å². The number of hydrogen-bond donors (Lipinski definition) is 2. The molecule has 0 radical (unpaired) electrons. The highest BCUT2D eigenvalue weighted by atomic mass is 32.2. The molecule has 0 spiro atoms. The zero-order valence-electron chi connectivity index (χ0n) is 9.09. The van der Waals surface area contributed by atoms with Crippen LogP contribution in [0.15, 0.2) is 12.5 Å². The Morgan fingerprint density at radius 3 is 3.31 bits per heavy atom. The monoisotopic (exact) mass is 241 g/mol. The Kier molecular flexibility index (Phi) is 3.50. The lowest BCUT2D eigenvalue weighted by Gasteiger charge is -2.28. The molecule has 0 saturated carbocycles. The second kappa shape index (κ2) is 4.88. The molecule has 0 aromatic carbocycles. The van der Waals surface area contributed by atoms with Crippen LogP contribution >= 0.6 is 11.8 Å². The molecule has 2 heterocycles. The van der Waals surface area contributed by atoms with Gasteiger partial charge in [-0.05, 0) is 19.1 Å². The second-order valence-electron chi connectivity index (χ2n) is 3.70. The van der Waals surface area contributed by atoms with Gasteiger partial charge in [0.05, 0.1) is 23.6 Å². The molecule has 6 heteroatoms. The number of imidazole rings is 1. The molecule has 1 aliphatic rings. The molecule has 1 saturated heterocycles. The standard InChI is InChI=1S/C10H15N3O2S/c1-2-13-6-11-5-8(13)9-12-7(10(14)15)3-4-16-9/h5-7,9,12H,2-4H2,1H3,(H,14,15). The van der Waals surface area contributed by atoms with Gasteiger partial charge in [0.2, 0.25) is 0 Å². The fourth-order valence-corrected chi connectivity index (χ4v) is 3.03. The molecule has 0 amide bonds. The predicted octanol–water partition coefficient (Wildman–Crippen LogP) is 1.08. The van der Waals surface area contributed by atoms with E-state index in [-0.39, 0.29) is 5.37 Å². The first-order valence-corrected chi connectivity index (χ1v) is 6.37. The summed E-state index contributed by atoms with van der Waals surface area (Å²) in [6.07, 6.45) is 4.26. The first-order valence-electron chi connectivity index (χ1n) is 5.33. The van der Waals surface area contributed by atoms with Crippen LogP contribution in [0.5, 0.6) is 0 Å². The molecule has 0 bridgehead atoms. The van der Waals surface area contributed by atoms with Crippen molar-refractivity contribution in [2.45, 2.75) is 31.3 Å². The Bertz CT molecular complexity index is 380. The minimum absolute atomic E-state index is 0.0392. The van der Waals surface area contributed by atoms with E-state index in [1.807, 2.05) is 11.5 Å². The predicted molar refractivity (Wildman–Crippen MR) is 62.3 cm³/mol. The van der Waals surface area contributed by atoms with Crippen LogP contribution in [0, 0.1) is 0 Å². The van der Waals surface area contributed by atoms with Crippen LogP contribution in [0.3, 0.4) is 0 Å². The van der Waals surface area contributed by atoms with Gasteiger partial charge in [0.25, 0.3) is 0 Å². The zero-order valence-corrected chi connectivity index (χ0v) is 9.91. The van der Waals surface area contributed by atoms with E-state index in [2.05, 4.69) is 10.3 Å². The number of nitrogens with one attached hydrogen (secondary N) is 1. The lowest BCUT2D eigenvalue weighted by Crippen LogP contribution is -2.42. The Balaban J connectivity index is 2.12. The Morgan fingerprint density at radius 1 is 1.81 bits per heavy atom. The highest BCUT2D eigenvalue weighted by molar-refractivity contribution is 7.99. The fraction of sp³-hybridized carbons (Fsp3) is 0.600. The third-order valence-electron chi connectivity index (χ3n) is 2.70. The highest BCUT2D eigenvalue weighted by Crippen LogP contribution is 2.31. The Labute approximate surface area is 98.2 Å². The molecule has 1 aliphatic heterocycles. The Morgan fingerprint density at radius 2 is 2.62 bits per heavy atom. The summed E-state index contributed by atoms with van der Waals surface area (Å²) in [5.74, 6) is 0.0941. The number of carbonyl (C=O) groups is 1. The number of carboxylic acids is 1. The number of aliphatic carboxylic acids is 1.